The van der Waals surface area contributed by atoms with Crippen molar-refractivity contribution in [2.24, 2.45) is 0 Å². The molecule has 0 radical (unpaired) electrons. The second-order valence-corrected chi connectivity index (χ2v) is 5.31. The Morgan fingerprint density at radius 3 is 1.41 bits per heavy atom. The first-order valence-corrected chi connectivity index (χ1v) is 9.32. The molecule has 0 fully saturated rings. The number of carbonyl (C=O) groups is 1. The fraction of sp³-hybridized carbons (Fsp3) is 0.571. The molecule has 0 atom stereocenters. The second-order valence-electron chi connectivity index (χ2n) is 5.31. The molecule has 1 rings (SSSR count). The molecule has 0 spiro atoms. The summed E-state index contributed by atoms with van der Waals surface area (Å²) >= 11 is 0. The first-order valence-electron chi connectivity index (χ1n) is 9.32. The Hall–Kier alpha value is -0.976. The molecule has 0 amide bonds. The Morgan fingerprint density at radius 1 is 0.815 bits per heavy atom. The van der Waals surface area contributed by atoms with Crippen LogP contribution < -0.4 is 0 Å². The maximum atomic E-state index is 10.1. The number of carboxylic acids is 1. The molecule has 4 N–H and O–H groups in total. The van der Waals surface area contributed by atoms with Crippen molar-refractivity contribution in [3.8, 4) is 0 Å². The summed E-state index contributed by atoms with van der Waals surface area (Å²) in [6.45, 7) is 7.19. The van der Waals surface area contributed by atoms with Crippen molar-refractivity contribution in [2.45, 2.75) is 59.3 Å². The maximum Gasteiger partial charge on any atom is 0.328 e. The summed E-state index contributed by atoms with van der Waals surface area (Å²) in [5.74, 6) is -0.922. The van der Waals surface area contributed by atoms with Crippen LogP contribution in [0.3, 0.4) is 0 Å². The van der Waals surface area contributed by atoms with Crippen molar-refractivity contribution in [1.82, 2.24) is 0 Å². The van der Waals surface area contributed by atoms with Crippen molar-refractivity contribution >= 4 is 12.0 Å². The summed E-state index contributed by atoms with van der Waals surface area (Å²) in [6, 6.07) is 9.31. The molecule has 0 heterocycles. The third-order valence-corrected chi connectivity index (χ3v) is 2.75. The number of unbranched alkanes of at least 4 members (excludes halogenated alkanes) is 3. The zero-order valence-corrected chi connectivity index (χ0v) is 18.7. The van der Waals surface area contributed by atoms with Crippen molar-refractivity contribution in [1.29, 1.82) is 0 Å². The maximum absolute atomic E-state index is 10.1. The summed E-state index contributed by atoms with van der Waals surface area (Å²) in [4.78, 5) is 10.1. The van der Waals surface area contributed by atoms with E-state index in [1.165, 1.54) is 0 Å². The summed E-state index contributed by atoms with van der Waals surface area (Å²) in [6.07, 6.45) is 8.79. The summed E-state index contributed by atoms with van der Waals surface area (Å²) in [5.41, 5.74) is 0.898. The summed E-state index contributed by atoms with van der Waals surface area (Å²) in [5, 5.41) is 32.5. The molecule has 0 bridgehead atoms. The van der Waals surface area contributed by atoms with Gasteiger partial charge in [-0.05, 0) is 30.9 Å². The van der Waals surface area contributed by atoms with E-state index in [-0.39, 0.29) is 21.7 Å². The number of carboxylic acid groups (broad SMARTS) is 1. The van der Waals surface area contributed by atoms with Gasteiger partial charge in [0.05, 0.1) is 0 Å². The van der Waals surface area contributed by atoms with Gasteiger partial charge in [-0.3, -0.25) is 0 Å². The molecule has 5 nitrogen and oxygen atoms in total. The second kappa shape index (κ2) is 32.7. The topological polar surface area (TPSA) is 98.0 Å². The number of rotatable bonds is 8. The van der Waals surface area contributed by atoms with E-state index >= 15 is 0 Å². The van der Waals surface area contributed by atoms with Gasteiger partial charge in [-0.2, -0.15) is 0 Å². The van der Waals surface area contributed by atoms with Crippen LogP contribution in [0.5, 0.6) is 0 Å². The van der Waals surface area contributed by atoms with E-state index in [9.17, 15) is 4.79 Å². The first kappa shape index (κ1) is 33.6. The Kier molecular flexibility index (Phi) is 40.7. The van der Waals surface area contributed by atoms with E-state index < -0.39 is 5.97 Å². The number of benzene rings is 1. The molecule has 0 aliphatic rings. The van der Waals surface area contributed by atoms with Gasteiger partial charge in [-0.1, -0.05) is 70.4 Å². The number of hydrogen-bond acceptors (Lipinski definition) is 4. The zero-order chi connectivity index (χ0) is 20.5. The van der Waals surface area contributed by atoms with E-state index in [0.717, 1.165) is 50.2 Å². The fourth-order valence-electron chi connectivity index (χ4n) is 1.21. The van der Waals surface area contributed by atoms with Crippen molar-refractivity contribution in [3.05, 3.63) is 42.0 Å². The van der Waals surface area contributed by atoms with Gasteiger partial charge >= 0.3 is 5.97 Å². The van der Waals surface area contributed by atoms with Gasteiger partial charge in [0.15, 0.2) is 0 Å². The molecule has 1 aromatic rings. The molecular formula is C21H38O5Ti. The van der Waals surface area contributed by atoms with E-state index in [1.54, 1.807) is 6.08 Å². The zero-order valence-electron chi connectivity index (χ0n) is 17.1. The van der Waals surface area contributed by atoms with Crippen LogP contribution >= 0.6 is 0 Å². The molecule has 0 aliphatic carbocycles. The van der Waals surface area contributed by atoms with Gasteiger partial charge in [-0.15, -0.1) is 0 Å². The third-order valence-electron chi connectivity index (χ3n) is 2.75. The van der Waals surface area contributed by atoms with E-state index in [0.29, 0.717) is 19.8 Å². The van der Waals surface area contributed by atoms with Crippen molar-refractivity contribution < 1.29 is 46.9 Å². The Labute approximate surface area is 180 Å². The molecule has 6 heteroatoms. The van der Waals surface area contributed by atoms with E-state index in [2.05, 4.69) is 20.8 Å². The van der Waals surface area contributed by atoms with Gasteiger partial charge in [0.1, 0.15) is 0 Å². The molecule has 0 saturated carbocycles. The van der Waals surface area contributed by atoms with E-state index in [1.807, 2.05) is 30.3 Å². The van der Waals surface area contributed by atoms with Crippen LogP contribution in [-0.2, 0) is 26.5 Å². The molecule has 0 saturated heterocycles. The van der Waals surface area contributed by atoms with Gasteiger partial charge in [0.25, 0.3) is 0 Å². The normalized spacial score (nSPS) is 8.81. The average Bonchev–Trinajstić information content (AvgIpc) is 2.64. The number of aliphatic hydroxyl groups excluding tert-OH is 3. The van der Waals surface area contributed by atoms with Crippen molar-refractivity contribution in [3.63, 3.8) is 0 Å². The largest absolute Gasteiger partial charge is 0.478 e. The minimum absolute atomic E-state index is 0. The minimum atomic E-state index is -0.922. The van der Waals surface area contributed by atoms with Crippen LogP contribution in [0.2, 0.25) is 0 Å². The number of hydrogen-bond donors (Lipinski definition) is 4. The summed E-state index contributed by atoms with van der Waals surface area (Å²) in [7, 11) is 0. The van der Waals surface area contributed by atoms with Crippen LogP contribution in [0, 0.1) is 0 Å². The van der Waals surface area contributed by atoms with Crippen LogP contribution in [0.1, 0.15) is 64.9 Å². The molecule has 0 aliphatic heterocycles. The molecular weight excluding hydrogens is 380 g/mol. The minimum Gasteiger partial charge on any atom is -0.478 e. The summed E-state index contributed by atoms with van der Waals surface area (Å²) < 4.78 is 0. The number of aliphatic hydroxyl groups is 3. The standard InChI is InChI=1S/C9H8O2.3C4H10O.Ti/c10-9(11)7-6-8-4-2-1-3-5-8;3*1-2-3-4-5;/h1-7H,(H,10,11);3*5H,2-4H2,1H3;. The van der Waals surface area contributed by atoms with Crippen LogP contribution in [0.25, 0.3) is 6.08 Å². The molecule has 27 heavy (non-hydrogen) atoms. The molecule has 156 valence electrons. The Morgan fingerprint density at radius 2 is 1.19 bits per heavy atom. The van der Waals surface area contributed by atoms with Crippen LogP contribution in [-0.4, -0.2) is 46.2 Å². The average molecular weight is 418 g/mol. The van der Waals surface area contributed by atoms with E-state index in [4.69, 9.17) is 20.4 Å². The van der Waals surface area contributed by atoms with Gasteiger partial charge in [0.2, 0.25) is 0 Å². The third kappa shape index (κ3) is 40.8. The first-order chi connectivity index (χ1) is 12.5. The van der Waals surface area contributed by atoms with Crippen molar-refractivity contribution in [2.75, 3.05) is 19.8 Å². The molecule has 0 aromatic heterocycles. The van der Waals surface area contributed by atoms with Crippen LogP contribution in [0.4, 0.5) is 0 Å². The van der Waals surface area contributed by atoms with Gasteiger partial charge in [0, 0.05) is 47.6 Å². The SMILES string of the molecule is CCCCO.CCCCO.CCCCO.O=C(O)C=Cc1ccccc1.[Ti]. The quantitative estimate of drug-likeness (QED) is 0.376. The predicted octanol–water partition coefficient (Wildman–Crippen LogP) is 4.12. The fourth-order valence-corrected chi connectivity index (χ4v) is 1.21. The molecule has 1 aromatic carbocycles. The smallest absolute Gasteiger partial charge is 0.328 e. The Balaban J connectivity index is -0.000000142. The monoisotopic (exact) mass is 418 g/mol. The van der Waals surface area contributed by atoms with Gasteiger partial charge < -0.3 is 20.4 Å². The predicted molar refractivity (Wildman–Crippen MR) is 109 cm³/mol. The van der Waals surface area contributed by atoms with Gasteiger partial charge in [-0.25, -0.2) is 4.79 Å². The Bertz CT molecular complexity index is 377. The van der Waals surface area contributed by atoms with Crippen LogP contribution in [0.15, 0.2) is 36.4 Å². The number of aliphatic carboxylic acids is 1. The molecule has 0 unspecified atom stereocenters.